The van der Waals surface area contributed by atoms with Gasteiger partial charge in [-0.3, -0.25) is 38.3 Å². The lowest BCUT2D eigenvalue weighted by molar-refractivity contribution is -0.142. The highest BCUT2D eigenvalue weighted by Gasteiger charge is 2.25. The summed E-state index contributed by atoms with van der Waals surface area (Å²) >= 11 is 3.99. The van der Waals surface area contributed by atoms with Crippen molar-refractivity contribution in [3.63, 3.8) is 0 Å². The molecule has 0 saturated heterocycles. The van der Waals surface area contributed by atoms with Gasteiger partial charge in [-0.2, -0.15) is 0 Å². The average Bonchev–Trinajstić information content (AvgIpc) is 3.38. The number of nitrogens with one attached hydrogen (secondary N) is 7. The topological polar surface area (TPSA) is 304 Å². The molecule has 0 aliphatic carbocycles. The number of rotatable bonds is 54. The number of aliphatic carboxylic acids is 2. The summed E-state index contributed by atoms with van der Waals surface area (Å²) in [5.74, 6) is -5.86. The van der Waals surface area contributed by atoms with Gasteiger partial charge in [-0.05, 0) is 64.2 Å². The van der Waals surface area contributed by atoms with Crippen LogP contribution in [0.5, 0.6) is 0 Å². The van der Waals surface area contributed by atoms with Crippen LogP contribution in [0, 0.1) is 0 Å². The molecule has 11 N–H and O–H groups in total. The summed E-state index contributed by atoms with van der Waals surface area (Å²) in [7, 11) is 0. The molecule has 0 aromatic rings. The first-order chi connectivity index (χ1) is 36.6. The Morgan fingerprint density at radius 3 is 1.08 bits per heavy atom. The molecule has 19 nitrogen and oxygen atoms in total. The standard InChI is InChI=1S/C56H104N8O11S/c1-3-5-7-9-11-13-15-17-19-21-23-25-27-35-50(67)62-46(55(72)73)37-39-49(66)58-41-31-29-33-44(53(70)59-42-32-30-34-45(64-76)54(71)60-43-48(57)65)61-52(69)40-38-47(56(74)75)63-51(68)36-28-26-24-22-20-18-16-14-12-10-8-6-4-2/h44-47,64,76H,3-43H2,1-2H3,(H2,57,65)(H,58,66)(H,59,70)(H,60,71)(H,61,69)(H,62,67)(H,63,68)(H,72,73)(H,74,75)/t44?,45-,46?,47?/m0/s1. The van der Waals surface area contributed by atoms with Gasteiger partial charge in [0.1, 0.15) is 18.1 Å². The highest BCUT2D eigenvalue weighted by Crippen LogP contribution is 2.15. The molecule has 0 aromatic carbocycles. The third kappa shape index (κ3) is 43.6. The molecule has 0 spiro atoms. The van der Waals surface area contributed by atoms with Crippen LogP contribution in [0.25, 0.3) is 0 Å². The zero-order valence-corrected chi connectivity index (χ0v) is 47.8. The molecule has 0 heterocycles. The van der Waals surface area contributed by atoms with Crippen molar-refractivity contribution in [2.24, 2.45) is 5.73 Å². The summed E-state index contributed by atoms with van der Waals surface area (Å²) in [6.07, 6.45) is 32.3. The van der Waals surface area contributed by atoms with Crippen LogP contribution in [0.15, 0.2) is 0 Å². The lowest BCUT2D eigenvalue weighted by Gasteiger charge is -2.20. The van der Waals surface area contributed by atoms with Crippen LogP contribution in [0.1, 0.15) is 258 Å². The Bertz CT molecular complexity index is 1610. The summed E-state index contributed by atoms with van der Waals surface area (Å²) in [5, 5.41) is 35.3. The minimum Gasteiger partial charge on any atom is -0.480 e. The fourth-order valence-corrected chi connectivity index (χ4v) is 9.14. The van der Waals surface area contributed by atoms with Crippen LogP contribution in [0.2, 0.25) is 0 Å². The predicted molar refractivity (Wildman–Crippen MR) is 302 cm³/mol. The number of hydrogen-bond acceptors (Lipinski definition) is 11. The number of amides is 7. The lowest BCUT2D eigenvalue weighted by atomic mass is 10.0. The van der Waals surface area contributed by atoms with Gasteiger partial charge >= 0.3 is 11.9 Å². The number of carbonyl (C=O) groups is 9. The third-order valence-corrected chi connectivity index (χ3v) is 13.9. The summed E-state index contributed by atoms with van der Waals surface area (Å²) in [5.41, 5.74) is 5.10. The molecule has 0 saturated carbocycles. The Balaban J connectivity index is 4.99. The number of carbonyl (C=O) groups excluding carboxylic acids is 7. The van der Waals surface area contributed by atoms with Crippen LogP contribution in [0.4, 0.5) is 0 Å². The smallest absolute Gasteiger partial charge is 0.326 e. The van der Waals surface area contributed by atoms with E-state index in [1.807, 2.05) is 0 Å². The average molecular weight is 1100 g/mol. The predicted octanol–water partition coefficient (Wildman–Crippen LogP) is 8.11. The SMILES string of the molecule is CCCCCCCCCCCCCCCC(=O)NC(CCC(=O)NCCCCC(NC(=O)CCC(NC(=O)CCCCCCCCCCCCCCC)C(=O)O)C(=O)NCCCC[C@H](NS)C(=O)NCC(N)=O)C(=O)O. The van der Waals surface area contributed by atoms with Crippen molar-refractivity contribution >= 4 is 66.1 Å². The first kappa shape index (κ1) is 71.5. The quantitative estimate of drug-likeness (QED) is 0.0203. The van der Waals surface area contributed by atoms with Gasteiger partial charge in [-0.25, -0.2) is 9.59 Å². The Morgan fingerprint density at radius 2 is 0.697 bits per heavy atom. The zero-order chi connectivity index (χ0) is 56.4. The number of thiol groups is 1. The van der Waals surface area contributed by atoms with Crippen LogP contribution < -0.4 is 42.4 Å². The van der Waals surface area contributed by atoms with Crippen LogP contribution in [-0.2, 0) is 43.2 Å². The molecule has 0 fully saturated rings. The van der Waals surface area contributed by atoms with Crippen molar-refractivity contribution in [2.75, 3.05) is 19.6 Å². The van der Waals surface area contributed by atoms with E-state index in [4.69, 9.17) is 5.73 Å². The Kier molecular flexibility index (Phi) is 47.1. The maximum Gasteiger partial charge on any atom is 0.326 e. The summed E-state index contributed by atoms with van der Waals surface area (Å²) in [6, 6.07) is -4.22. The van der Waals surface area contributed by atoms with Gasteiger partial charge in [-0.1, -0.05) is 181 Å². The van der Waals surface area contributed by atoms with Crippen molar-refractivity contribution < 1.29 is 53.4 Å². The fraction of sp³-hybridized carbons (Fsp3) is 0.839. The van der Waals surface area contributed by atoms with Gasteiger partial charge in [0.2, 0.25) is 41.4 Å². The molecule has 440 valence electrons. The fourth-order valence-electron chi connectivity index (χ4n) is 8.89. The largest absolute Gasteiger partial charge is 0.480 e. The molecule has 4 atom stereocenters. The summed E-state index contributed by atoms with van der Waals surface area (Å²) in [6.45, 7) is 4.53. The molecule has 7 amide bonds. The van der Waals surface area contributed by atoms with Gasteiger partial charge in [-0.15, -0.1) is 0 Å². The third-order valence-electron chi connectivity index (χ3n) is 13.6. The van der Waals surface area contributed by atoms with Gasteiger partial charge in [0.15, 0.2) is 0 Å². The number of nitrogens with two attached hydrogens (primary N) is 1. The lowest BCUT2D eigenvalue weighted by Crippen LogP contribution is -2.48. The summed E-state index contributed by atoms with van der Waals surface area (Å²) < 4.78 is 2.58. The van der Waals surface area contributed by atoms with E-state index in [0.717, 1.165) is 38.5 Å². The number of hydrogen-bond donors (Lipinski definition) is 11. The van der Waals surface area contributed by atoms with E-state index >= 15 is 0 Å². The van der Waals surface area contributed by atoms with Crippen molar-refractivity contribution in [3.8, 4) is 0 Å². The van der Waals surface area contributed by atoms with E-state index in [9.17, 15) is 53.4 Å². The number of unbranched alkanes of at least 4 members (excludes halogenated alkanes) is 26. The number of primary amides is 1. The summed E-state index contributed by atoms with van der Waals surface area (Å²) in [4.78, 5) is 112. The molecular formula is C56H104N8O11S. The normalized spacial score (nSPS) is 12.7. The van der Waals surface area contributed by atoms with Crippen molar-refractivity contribution in [1.82, 2.24) is 36.6 Å². The van der Waals surface area contributed by atoms with E-state index < -0.39 is 71.5 Å². The molecule has 3 unspecified atom stereocenters. The van der Waals surface area contributed by atoms with Crippen molar-refractivity contribution in [1.29, 1.82) is 0 Å². The monoisotopic (exact) mass is 1100 g/mol. The van der Waals surface area contributed by atoms with E-state index in [1.165, 1.54) is 116 Å². The Morgan fingerprint density at radius 1 is 0.368 bits per heavy atom. The van der Waals surface area contributed by atoms with E-state index in [0.29, 0.717) is 44.9 Å². The second-order valence-electron chi connectivity index (χ2n) is 20.6. The highest BCUT2D eigenvalue weighted by atomic mass is 32.1. The van der Waals surface area contributed by atoms with Crippen LogP contribution in [0.3, 0.4) is 0 Å². The molecule has 0 bridgehead atoms. The highest BCUT2D eigenvalue weighted by molar-refractivity contribution is 7.78. The van der Waals surface area contributed by atoms with Gasteiger partial charge in [0.25, 0.3) is 0 Å². The molecule has 0 aromatic heterocycles. The number of carboxylic acids is 2. The maximum absolute atomic E-state index is 13.4. The maximum atomic E-state index is 13.4. The molecule has 0 rings (SSSR count). The Hall–Kier alpha value is -4.46. The van der Waals surface area contributed by atoms with E-state index in [1.54, 1.807) is 0 Å². The number of carboxylic acid groups (broad SMARTS) is 2. The molecule has 20 heteroatoms. The first-order valence-corrected chi connectivity index (χ1v) is 29.9. The molecular weight excluding hydrogens is 993 g/mol. The second-order valence-corrected chi connectivity index (χ2v) is 20.9. The van der Waals surface area contributed by atoms with Crippen LogP contribution in [-0.4, -0.2) is 107 Å². The minimum atomic E-state index is -1.29. The van der Waals surface area contributed by atoms with Crippen LogP contribution >= 0.6 is 12.8 Å². The Labute approximate surface area is 461 Å². The van der Waals surface area contributed by atoms with Gasteiger partial charge in [0.05, 0.1) is 12.6 Å². The zero-order valence-electron chi connectivity index (χ0n) is 46.9. The van der Waals surface area contributed by atoms with Crippen molar-refractivity contribution in [3.05, 3.63) is 0 Å². The van der Waals surface area contributed by atoms with Gasteiger partial charge in [0, 0.05) is 38.8 Å². The molecule has 0 aliphatic heterocycles. The minimum absolute atomic E-state index is 0.0834. The second kappa shape index (κ2) is 50.1. The molecule has 76 heavy (non-hydrogen) atoms. The first-order valence-electron chi connectivity index (χ1n) is 29.5. The van der Waals surface area contributed by atoms with E-state index in [-0.39, 0.29) is 70.5 Å². The van der Waals surface area contributed by atoms with E-state index in [2.05, 4.69) is 63.3 Å². The molecule has 0 aliphatic rings. The van der Waals surface area contributed by atoms with Crippen molar-refractivity contribution in [2.45, 2.75) is 282 Å². The molecule has 0 radical (unpaired) electrons. The van der Waals surface area contributed by atoms with Gasteiger partial charge < -0.3 is 47.8 Å².